The molecule has 0 spiro atoms. The zero-order valence-corrected chi connectivity index (χ0v) is 8.98. The first-order chi connectivity index (χ1) is 6.83. The molecule has 0 aliphatic rings. The monoisotopic (exact) mass is 202 g/mol. The summed E-state index contributed by atoms with van der Waals surface area (Å²) < 4.78 is 0. The fourth-order valence-electron chi connectivity index (χ4n) is 0.757. The van der Waals surface area contributed by atoms with Crippen molar-refractivity contribution in [1.29, 1.82) is 0 Å². The molecule has 2 N–H and O–H groups in total. The van der Waals surface area contributed by atoms with Crippen LogP contribution in [-0.2, 0) is 4.79 Å². The first-order valence-corrected chi connectivity index (χ1v) is 5.17. The highest BCUT2D eigenvalue weighted by Crippen LogP contribution is 1.95. The van der Waals surface area contributed by atoms with Gasteiger partial charge in [-0.05, 0) is 19.3 Å². The van der Waals surface area contributed by atoms with Crippen LogP contribution in [0, 0.1) is 0 Å². The van der Waals surface area contributed by atoms with Crippen molar-refractivity contribution < 1.29 is 15.0 Å². The molecule has 0 fully saturated rings. The van der Waals surface area contributed by atoms with Gasteiger partial charge in [0, 0.05) is 13.0 Å². The maximum atomic E-state index is 9.71. The third-order valence-electron chi connectivity index (χ3n) is 1.54. The van der Waals surface area contributed by atoms with Gasteiger partial charge in [0.25, 0.3) is 0 Å². The van der Waals surface area contributed by atoms with E-state index in [9.17, 15) is 4.79 Å². The van der Waals surface area contributed by atoms with Crippen molar-refractivity contribution in [2.75, 3.05) is 6.61 Å². The van der Waals surface area contributed by atoms with Gasteiger partial charge in [0.15, 0.2) is 0 Å². The molecule has 0 saturated carbocycles. The summed E-state index contributed by atoms with van der Waals surface area (Å²) in [6, 6.07) is 0. The van der Waals surface area contributed by atoms with Crippen LogP contribution < -0.4 is 0 Å². The molecule has 0 atom stereocenters. The minimum atomic E-state index is 0.249. The van der Waals surface area contributed by atoms with Gasteiger partial charge in [-0.25, -0.2) is 0 Å². The number of carbonyl (C=O) groups is 1. The number of unbranched alkanes of at least 4 members (excludes halogenated alkanes) is 4. The summed E-state index contributed by atoms with van der Waals surface area (Å²) in [5.74, 6) is 0. The zero-order chi connectivity index (χ0) is 11.1. The first kappa shape index (κ1) is 15.6. The molecular formula is C11H22O3. The van der Waals surface area contributed by atoms with Gasteiger partial charge in [0.05, 0.1) is 6.26 Å². The normalized spacial score (nSPS) is 9.57. The Morgan fingerprint density at radius 2 is 1.86 bits per heavy atom. The standard InChI is InChI=1S/C6H12O2.C5H10O/c7-5-3-1-2-4-6-8;1-2-3-4-5-6/h5,8H,1-4,6H2;4-6H,2-3H2,1H3. The molecule has 14 heavy (non-hydrogen) atoms. The van der Waals surface area contributed by atoms with E-state index in [0.717, 1.165) is 44.7 Å². The molecule has 0 saturated heterocycles. The summed E-state index contributed by atoms with van der Waals surface area (Å²) in [5, 5.41) is 16.3. The Kier molecular flexibility index (Phi) is 20.2. The summed E-state index contributed by atoms with van der Waals surface area (Å²) in [6.45, 7) is 2.32. The highest BCUT2D eigenvalue weighted by atomic mass is 16.3. The summed E-state index contributed by atoms with van der Waals surface area (Å²) in [6.07, 6.45) is 9.18. The number of aliphatic hydroxyl groups excluding tert-OH is 2. The Labute approximate surface area is 86.5 Å². The third kappa shape index (κ3) is 22.5. The van der Waals surface area contributed by atoms with E-state index >= 15 is 0 Å². The minimum absolute atomic E-state index is 0.249. The van der Waals surface area contributed by atoms with Gasteiger partial charge in [-0.2, -0.15) is 0 Å². The third-order valence-corrected chi connectivity index (χ3v) is 1.54. The van der Waals surface area contributed by atoms with Gasteiger partial charge in [0.1, 0.15) is 6.29 Å². The van der Waals surface area contributed by atoms with E-state index in [1.807, 2.05) is 0 Å². The second kappa shape index (κ2) is 18.1. The quantitative estimate of drug-likeness (QED) is 0.379. The molecule has 0 heterocycles. The topological polar surface area (TPSA) is 57.5 Å². The number of hydrogen-bond donors (Lipinski definition) is 2. The van der Waals surface area contributed by atoms with Crippen LogP contribution >= 0.6 is 0 Å². The fraction of sp³-hybridized carbons (Fsp3) is 0.727. The second-order valence-corrected chi connectivity index (χ2v) is 2.91. The van der Waals surface area contributed by atoms with Gasteiger partial charge < -0.3 is 15.0 Å². The van der Waals surface area contributed by atoms with Crippen molar-refractivity contribution in [3.05, 3.63) is 12.3 Å². The molecule has 3 heteroatoms. The highest BCUT2D eigenvalue weighted by molar-refractivity contribution is 5.48. The van der Waals surface area contributed by atoms with E-state index in [1.54, 1.807) is 6.08 Å². The molecule has 0 aromatic heterocycles. The number of rotatable bonds is 7. The lowest BCUT2D eigenvalue weighted by molar-refractivity contribution is -0.107. The summed E-state index contributed by atoms with van der Waals surface area (Å²) in [4.78, 5) is 9.71. The number of carbonyl (C=O) groups excluding carboxylic acids is 1. The van der Waals surface area contributed by atoms with Gasteiger partial charge in [0.2, 0.25) is 0 Å². The van der Waals surface area contributed by atoms with Crippen molar-refractivity contribution in [3.63, 3.8) is 0 Å². The Bertz CT molecular complexity index is 122. The second-order valence-electron chi connectivity index (χ2n) is 2.91. The molecular weight excluding hydrogens is 180 g/mol. The average Bonchev–Trinajstić information content (AvgIpc) is 2.22. The molecule has 3 nitrogen and oxygen atoms in total. The Morgan fingerprint density at radius 1 is 1.14 bits per heavy atom. The number of hydrogen-bond acceptors (Lipinski definition) is 3. The lowest BCUT2D eigenvalue weighted by atomic mass is 10.2. The average molecular weight is 202 g/mol. The molecule has 0 amide bonds. The predicted molar refractivity (Wildman–Crippen MR) is 58.3 cm³/mol. The summed E-state index contributed by atoms with van der Waals surface area (Å²) in [7, 11) is 0. The van der Waals surface area contributed by atoms with Gasteiger partial charge in [-0.1, -0.05) is 25.8 Å². The fourth-order valence-corrected chi connectivity index (χ4v) is 0.757. The number of allylic oxidation sites excluding steroid dienone is 1. The van der Waals surface area contributed by atoms with Crippen molar-refractivity contribution in [2.24, 2.45) is 0 Å². The van der Waals surface area contributed by atoms with Crippen LogP contribution in [0.15, 0.2) is 12.3 Å². The predicted octanol–water partition coefficient (Wildman–Crippen LogP) is 2.60. The lowest BCUT2D eigenvalue weighted by Crippen LogP contribution is -1.82. The van der Waals surface area contributed by atoms with Crippen LogP contribution in [0.3, 0.4) is 0 Å². The number of aldehydes is 1. The van der Waals surface area contributed by atoms with Crippen LogP contribution in [0.1, 0.15) is 45.4 Å². The molecule has 0 aromatic carbocycles. The van der Waals surface area contributed by atoms with Gasteiger partial charge >= 0.3 is 0 Å². The Morgan fingerprint density at radius 3 is 2.21 bits per heavy atom. The van der Waals surface area contributed by atoms with Crippen LogP contribution in [0.25, 0.3) is 0 Å². The SMILES string of the molecule is CCCC=CO.O=CCCCCCO. The van der Waals surface area contributed by atoms with E-state index in [4.69, 9.17) is 10.2 Å². The molecule has 0 aliphatic heterocycles. The largest absolute Gasteiger partial charge is 0.516 e. The van der Waals surface area contributed by atoms with Crippen molar-refractivity contribution in [1.82, 2.24) is 0 Å². The van der Waals surface area contributed by atoms with Crippen molar-refractivity contribution in [2.45, 2.75) is 45.4 Å². The van der Waals surface area contributed by atoms with Crippen LogP contribution in [0.5, 0.6) is 0 Å². The number of aliphatic hydroxyl groups is 2. The molecule has 0 unspecified atom stereocenters. The zero-order valence-electron chi connectivity index (χ0n) is 8.98. The molecule has 84 valence electrons. The summed E-state index contributed by atoms with van der Waals surface area (Å²) in [5.41, 5.74) is 0. The van der Waals surface area contributed by atoms with E-state index in [1.165, 1.54) is 0 Å². The van der Waals surface area contributed by atoms with E-state index in [-0.39, 0.29) is 6.61 Å². The highest BCUT2D eigenvalue weighted by Gasteiger charge is 1.84. The maximum absolute atomic E-state index is 9.71. The first-order valence-electron chi connectivity index (χ1n) is 5.17. The molecule has 0 rings (SSSR count). The van der Waals surface area contributed by atoms with Crippen LogP contribution in [-0.4, -0.2) is 23.1 Å². The molecule has 0 radical (unpaired) electrons. The van der Waals surface area contributed by atoms with Gasteiger partial charge in [-0.15, -0.1) is 0 Å². The minimum Gasteiger partial charge on any atom is -0.516 e. The Hall–Kier alpha value is -0.830. The van der Waals surface area contributed by atoms with E-state index < -0.39 is 0 Å². The van der Waals surface area contributed by atoms with E-state index in [2.05, 4.69) is 6.92 Å². The smallest absolute Gasteiger partial charge is 0.119 e. The van der Waals surface area contributed by atoms with Gasteiger partial charge in [-0.3, -0.25) is 0 Å². The van der Waals surface area contributed by atoms with Crippen molar-refractivity contribution >= 4 is 6.29 Å². The van der Waals surface area contributed by atoms with E-state index in [0.29, 0.717) is 6.42 Å². The molecule has 0 aromatic rings. The van der Waals surface area contributed by atoms with Crippen molar-refractivity contribution in [3.8, 4) is 0 Å². The van der Waals surface area contributed by atoms with Crippen LogP contribution in [0.2, 0.25) is 0 Å². The summed E-state index contributed by atoms with van der Waals surface area (Å²) >= 11 is 0. The lowest BCUT2D eigenvalue weighted by Gasteiger charge is -1.90. The molecule has 0 bridgehead atoms. The Balaban J connectivity index is 0. The molecule has 0 aliphatic carbocycles. The maximum Gasteiger partial charge on any atom is 0.119 e. The van der Waals surface area contributed by atoms with Crippen LogP contribution in [0.4, 0.5) is 0 Å².